The molecule has 2 fully saturated rings. The monoisotopic (exact) mass is 481 g/mol. The van der Waals surface area contributed by atoms with Gasteiger partial charge in [0.15, 0.2) is 0 Å². The third-order valence-electron chi connectivity index (χ3n) is 9.02. The van der Waals surface area contributed by atoms with Crippen LogP contribution in [0.15, 0.2) is 36.4 Å². The number of fused-ring (bicyclic) bond motifs is 5. The van der Waals surface area contributed by atoms with Gasteiger partial charge in [-0.3, -0.25) is 9.59 Å². The van der Waals surface area contributed by atoms with Crippen molar-refractivity contribution in [3.63, 3.8) is 0 Å². The number of unbranched alkanes of at least 4 members (excludes halogenated alkanes) is 1. The molecule has 186 valence electrons. The normalized spacial score (nSPS) is 29.3. The third-order valence-corrected chi connectivity index (χ3v) is 9.02. The van der Waals surface area contributed by atoms with Gasteiger partial charge in [-0.15, -0.1) is 0 Å². The molecule has 4 nitrogen and oxygen atoms in total. The first kappa shape index (κ1) is 24.0. The molecule has 6 heteroatoms. The van der Waals surface area contributed by atoms with E-state index in [1.54, 1.807) is 6.07 Å². The van der Waals surface area contributed by atoms with Gasteiger partial charge in [-0.2, -0.15) is 0 Å². The average Bonchev–Trinajstić information content (AvgIpc) is 3.08. The number of nitrogens with one attached hydrogen (secondary N) is 1. The molecular formula is C29H33F2NO3. The van der Waals surface area contributed by atoms with E-state index in [2.05, 4.69) is 18.3 Å². The maximum Gasteiger partial charge on any atom is 0.254 e. The fourth-order valence-corrected chi connectivity index (χ4v) is 7.40. The van der Waals surface area contributed by atoms with Crippen LogP contribution in [-0.4, -0.2) is 23.3 Å². The number of aryl methyl sites for hydroxylation is 1. The summed E-state index contributed by atoms with van der Waals surface area (Å²) in [5.74, 6) is 0.299. The van der Waals surface area contributed by atoms with Crippen molar-refractivity contribution in [1.29, 1.82) is 0 Å². The topological polar surface area (TPSA) is 66.4 Å². The van der Waals surface area contributed by atoms with Crippen molar-refractivity contribution in [2.75, 3.05) is 6.54 Å². The number of phenols is 1. The molecule has 2 aromatic carbocycles. The van der Waals surface area contributed by atoms with Gasteiger partial charge < -0.3 is 10.4 Å². The molecule has 0 aliphatic heterocycles. The van der Waals surface area contributed by atoms with Gasteiger partial charge in [0.05, 0.1) is 5.56 Å². The van der Waals surface area contributed by atoms with Crippen LogP contribution < -0.4 is 5.32 Å². The lowest BCUT2D eigenvalue weighted by atomic mass is 9.54. The van der Waals surface area contributed by atoms with E-state index in [0.717, 1.165) is 57.1 Å². The van der Waals surface area contributed by atoms with Gasteiger partial charge in [0.1, 0.15) is 23.2 Å². The largest absolute Gasteiger partial charge is 0.508 e. The molecule has 1 amide bonds. The van der Waals surface area contributed by atoms with Gasteiger partial charge in [0.25, 0.3) is 5.91 Å². The summed E-state index contributed by atoms with van der Waals surface area (Å²) in [6, 6.07) is 8.74. The molecule has 0 heterocycles. The number of halogens is 2. The zero-order chi connectivity index (χ0) is 24.7. The Balaban J connectivity index is 1.20. The van der Waals surface area contributed by atoms with E-state index >= 15 is 0 Å². The molecule has 0 saturated heterocycles. The van der Waals surface area contributed by atoms with Crippen molar-refractivity contribution < 1.29 is 23.5 Å². The Kier molecular flexibility index (Phi) is 6.41. The van der Waals surface area contributed by atoms with Crippen molar-refractivity contribution >= 4 is 11.7 Å². The Labute approximate surface area is 205 Å². The van der Waals surface area contributed by atoms with E-state index in [9.17, 15) is 23.5 Å². The number of benzene rings is 2. The minimum Gasteiger partial charge on any atom is -0.508 e. The van der Waals surface area contributed by atoms with Gasteiger partial charge >= 0.3 is 0 Å². The SMILES string of the molecule is C[C@]12CCC3c4ccc(O)cc4CCC3C1C(CCCCNC(=O)c1ccc(F)cc1F)CC2=O. The van der Waals surface area contributed by atoms with Crippen LogP contribution >= 0.6 is 0 Å². The quantitative estimate of drug-likeness (QED) is 0.503. The number of hydrogen-bond donors (Lipinski definition) is 2. The minimum atomic E-state index is -0.859. The Hall–Kier alpha value is -2.76. The highest BCUT2D eigenvalue weighted by molar-refractivity contribution is 5.94. The fourth-order valence-electron chi connectivity index (χ4n) is 7.40. The van der Waals surface area contributed by atoms with E-state index in [-0.39, 0.29) is 11.0 Å². The molecule has 2 aromatic rings. The summed E-state index contributed by atoms with van der Waals surface area (Å²) in [4.78, 5) is 25.4. The Bertz CT molecular complexity index is 1150. The van der Waals surface area contributed by atoms with Crippen LogP contribution in [0.3, 0.4) is 0 Å². The van der Waals surface area contributed by atoms with E-state index in [1.165, 1.54) is 11.1 Å². The van der Waals surface area contributed by atoms with Gasteiger partial charge in [0, 0.05) is 24.4 Å². The summed E-state index contributed by atoms with van der Waals surface area (Å²) in [6.07, 6.45) is 7.18. The number of amides is 1. The molecule has 2 N–H and O–H groups in total. The van der Waals surface area contributed by atoms with Crippen LogP contribution in [0.25, 0.3) is 0 Å². The number of rotatable bonds is 6. The van der Waals surface area contributed by atoms with Crippen molar-refractivity contribution in [2.24, 2.45) is 23.2 Å². The van der Waals surface area contributed by atoms with Crippen LogP contribution in [0.5, 0.6) is 5.75 Å². The highest BCUT2D eigenvalue weighted by atomic mass is 19.1. The summed E-state index contributed by atoms with van der Waals surface area (Å²) in [5, 5.41) is 12.6. The first-order valence-corrected chi connectivity index (χ1v) is 12.9. The second kappa shape index (κ2) is 9.36. The van der Waals surface area contributed by atoms with E-state index in [4.69, 9.17) is 0 Å². The fraction of sp³-hybridized carbons (Fsp3) is 0.517. The van der Waals surface area contributed by atoms with Crippen molar-refractivity contribution in [1.82, 2.24) is 5.32 Å². The van der Waals surface area contributed by atoms with Crippen LogP contribution in [0.2, 0.25) is 0 Å². The molecule has 35 heavy (non-hydrogen) atoms. The van der Waals surface area contributed by atoms with Crippen LogP contribution in [0.4, 0.5) is 8.78 Å². The summed E-state index contributed by atoms with van der Waals surface area (Å²) in [7, 11) is 0. The van der Waals surface area contributed by atoms with E-state index < -0.39 is 17.5 Å². The second-order valence-corrected chi connectivity index (χ2v) is 10.9. The summed E-state index contributed by atoms with van der Waals surface area (Å²) >= 11 is 0. The summed E-state index contributed by atoms with van der Waals surface area (Å²) in [6.45, 7) is 2.60. The van der Waals surface area contributed by atoms with Crippen LogP contribution in [0, 0.1) is 34.8 Å². The highest BCUT2D eigenvalue weighted by Crippen LogP contribution is 2.62. The summed E-state index contributed by atoms with van der Waals surface area (Å²) in [5.41, 5.74) is 2.22. The first-order chi connectivity index (χ1) is 16.8. The number of ketones is 1. The highest BCUT2D eigenvalue weighted by Gasteiger charge is 2.58. The number of hydrogen-bond acceptors (Lipinski definition) is 3. The minimum absolute atomic E-state index is 0.150. The smallest absolute Gasteiger partial charge is 0.254 e. The van der Waals surface area contributed by atoms with Crippen LogP contribution in [-0.2, 0) is 11.2 Å². The molecular weight excluding hydrogens is 448 g/mol. The second-order valence-electron chi connectivity index (χ2n) is 10.9. The molecule has 2 saturated carbocycles. The van der Waals surface area contributed by atoms with E-state index in [0.29, 0.717) is 54.2 Å². The maximum absolute atomic E-state index is 13.8. The predicted molar refractivity (Wildman–Crippen MR) is 129 cm³/mol. The number of aromatic hydroxyl groups is 1. The van der Waals surface area contributed by atoms with Gasteiger partial charge in [0.2, 0.25) is 0 Å². The molecule has 3 aliphatic carbocycles. The zero-order valence-corrected chi connectivity index (χ0v) is 20.2. The van der Waals surface area contributed by atoms with Gasteiger partial charge in [-0.25, -0.2) is 8.78 Å². The number of phenolic OH excluding ortho intramolecular Hbond substituents is 1. The van der Waals surface area contributed by atoms with Gasteiger partial charge in [-0.05, 0) is 97.6 Å². The standard InChI is InChI=1S/C29H33F2NO3/c1-29-12-11-22-21-10-7-20(33)14-17(21)5-8-23(22)27(29)18(15-26(29)34)4-2-3-13-32-28(35)24-9-6-19(30)16-25(24)31/h6-7,9-10,14,16,18,22-23,27,33H,2-5,8,11-13,15H2,1H3,(H,32,35)/t18?,22?,23?,27?,29-/m1/s1. The lowest BCUT2D eigenvalue weighted by Crippen LogP contribution is -2.44. The molecule has 5 atom stereocenters. The third kappa shape index (κ3) is 4.36. The van der Waals surface area contributed by atoms with Crippen molar-refractivity contribution in [2.45, 2.75) is 64.2 Å². The molecule has 0 spiro atoms. The lowest BCUT2D eigenvalue weighted by Gasteiger charge is -2.50. The van der Waals surface area contributed by atoms with E-state index in [1.807, 2.05) is 6.07 Å². The Morgan fingerprint density at radius 3 is 2.77 bits per heavy atom. The molecule has 4 unspecified atom stereocenters. The molecule has 0 bridgehead atoms. The summed E-state index contributed by atoms with van der Waals surface area (Å²) < 4.78 is 26.9. The Morgan fingerprint density at radius 2 is 1.97 bits per heavy atom. The number of Topliss-reactive ketones (excluding diaryl/α,β-unsaturated/α-hetero) is 1. The average molecular weight is 482 g/mol. The maximum atomic E-state index is 13.8. The van der Waals surface area contributed by atoms with Crippen molar-refractivity contribution in [3.05, 3.63) is 64.7 Å². The molecule has 0 aromatic heterocycles. The molecule has 5 rings (SSSR count). The predicted octanol–water partition coefficient (Wildman–Crippen LogP) is 5.92. The first-order valence-electron chi connectivity index (χ1n) is 12.9. The number of carbonyl (C=O) groups excluding carboxylic acids is 2. The molecule has 3 aliphatic rings. The van der Waals surface area contributed by atoms with Crippen molar-refractivity contribution in [3.8, 4) is 5.75 Å². The Morgan fingerprint density at radius 1 is 1.14 bits per heavy atom. The lowest BCUT2D eigenvalue weighted by molar-refractivity contribution is -0.129. The zero-order valence-electron chi connectivity index (χ0n) is 20.2. The number of carbonyl (C=O) groups is 2. The van der Waals surface area contributed by atoms with Gasteiger partial charge in [-0.1, -0.05) is 19.4 Å². The van der Waals surface area contributed by atoms with Crippen LogP contribution in [0.1, 0.15) is 79.3 Å². The molecule has 0 radical (unpaired) electrons.